The summed E-state index contributed by atoms with van der Waals surface area (Å²) >= 11 is 0. The molecule has 1 nitrogen and oxygen atoms in total. The Kier molecular flexibility index (Phi) is 7.11. The second kappa shape index (κ2) is 11.6. The van der Waals surface area contributed by atoms with E-state index in [-0.39, 0.29) is 5.41 Å². The van der Waals surface area contributed by atoms with Gasteiger partial charge in [0.25, 0.3) is 0 Å². The number of hydrogen-bond acceptors (Lipinski definition) is 1. The van der Waals surface area contributed by atoms with Gasteiger partial charge in [0.1, 0.15) is 0 Å². The summed E-state index contributed by atoms with van der Waals surface area (Å²) in [5.41, 5.74) is 9.61. The molecule has 0 amide bonds. The molecule has 0 saturated heterocycles. The highest BCUT2D eigenvalue weighted by atomic mass is 15.1. The van der Waals surface area contributed by atoms with E-state index in [9.17, 15) is 0 Å². The lowest BCUT2D eigenvalue weighted by molar-refractivity contribution is 0.590. The monoisotopic (exact) mass is 603 g/mol. The van der Waals surface area contributed by atoms with Crippen molar-refractivity contribution >= 4 is 49.4 Å². The Morgan fingerprint density at radius 1 is 0.404 bits per heavy atom. The molecule has 0 fully saturated rings. The molecule has 0 heterocycles. The van der Waals surface area contributed by atoms with E-state index in [0.717, 1.165) is 17.1 Å². The van der Waals surface area contributed by atoms with E-state index in [2.05, 4.69) is 196 Å². The van der Waals surface area contributed by atoms with Gasteiger partial charge in [0.05, 0.1) is 11.4 Å². The van der Waals surface area contributed by atoms with Crippen LogP contribution >= 0.6 is 0 Å². The summed E-state index contributed by atoms with van der Waals surface area (Å²) < 4.78 is 0. The van der Waals surface area contributed by atoms with E-state index >= 15 is 0 Å². The van der Waals surface area contributed by atoms with Crippen molar-refractivity contribution in [2.24, 2.45) is 0 Å². The third kappa shape index (κ3) is 5.24. The summed E-state index contributed by atoms with van der Waals surface area (Å²) in [7, 11) is 0. The summed E-state index contributed by atoms with van der Waals surface area (Å²) in [4.78, 5) is 2.49. The highest BCUT2D eigenvalue weighted by Gasteiger charge is 2.25. The summed E-state index contributed by atoms with van der Waals surface area (Å²) in [6.45, 7) is 6.87. The number of hydrogen-bond donors (Lipinski definition) is 0. The van der Waals surface area contributed by atoms with Crippen molar-refractivity contribution in [3.63, 3.8) is 0 Å². The molecule has 226 valence electrons. The van der Waals surface area contributed by atoms with Crippen molar-refractivity contribution in [3.05, 3.63) is 175 Å². The van der Waals surface area contributed by atoms with Crippen LogP contribution in [-0.4, -0.2) is 0 Å². The Balaban J connectivity index is 1.50. The lowest BCUT2D eigenvalue weighted by atomic mass is 9.84. The van der Waals surface area contributed by atoms with E-state index in [0.29, 0.717) is 0 Å². The van der Waals surface area contributed by atoms with Gasteiger partial charge in [0.2, 0.25) is 0 Å². The van der Waals surface area contributed by atoms with Gasteiger partial charge in [-0.3, -0.25) is 0 Å². The Labute approximate surface area is 277 Å². The molecular weight excluding hydrogens is 567 g/mol. The zero-order chi connectivity index (χ0) is 32.0. The molecule has 8 aromatic rings. The summed E-state index contributed by atoms with van der Waals surface area (Å²) in [5.74, 6) is 0. The topological polar surface area (TPSA) is 3.24 Å². The van der Waals surface area contributed by atoms with Crippen LogP contribution < -0.4 is 4.90 Å². The third-order valence-electron chi connectivity index (χ3n) is 9.39. The molecule has 0 aliphatic carbocycles. The minimum absolute atomic E-state index is 0.00685. The largest absolute Gasteiger partial charge is 0.309 e. The zero-order valence-corrected chi connectivity index (χ0v) is 27.1. The first kappa shape index (κ1) is 28.8. The van der Waals surface area contributed by atoms with Crippen LogP contribution in [0.15, 0.2) is 170 Å². The average Bonchev–Trinajstić information content (AvgIpc) is 3.11. The van der Waals surface area contributed by atoms with E-state index in [1.54, 1.807) is 0 Å². The van der Waals surface area contributed by atoms with Crippen LogP contribution in [0.25, 0.3) is 54.6 Å². The first-order chi connectivity index (χ1) is 23.0. The molecule has 0 radical (unpaired) electrons. The fourth-order valence-electron chi connectivity index (χ4n) is 6.94. The van der Waals surface area contributed by atoms with Gasteiger partial charge in [-0.15, -0.1) is 0 Å². The first-order valence-corrected chi connectivity index (χ1v) is 16.4. The number of benzene rings is 8. The second-order valence-corrected chi connectivity index (χ2v) is 13.4. The molecule has 0 atom stereocenters. The quantitative estimate of drug-likeness (QED) is 0.189. The van der Waals surface area contributed by atoms with Gasteiger partial charge < -0.3 is 4.90 Å². The molecule has 0 aliphatic heterocycles. The zero-order valence-electron chi connectivity index (χ0n) is 27.1. The molecule has 8 aromatic carbocycles. The maximum absolute atomic E-state index is 2.49. The second-order valence-electron chi connectivity index (χ2n) is 13.4. The van der Waals surface area contributed by atoms with Crippen LogP contribution in [0.2, 0.25) is 0 Å². The van der Waals surface area contributed by atoms with E-state index in [4.69, 9.17) is 0 Å². The Hall–Kier alpha value is -5.66. The van der Waals surface area contributed by atoms with Crippen molar-refractivity contribution in [3.8, 4) is 22.3 Å². The maximum Gasteiger partial charge on any atom is 0.0546 e. The van der Waals surface area contributed by atoms with Crippen molar-refractivity contribution < 1.29 is 0 Å². The molecule has 0 saturated carbocycles. The van der Waals surface area contributed by atoms with Crippen LogP contribution in [-0.2, 0) is 5.41 Å². The SMILES string of the molecule is CC(C)(C)c1ccc(N(c2ccc3ccccc3c2)c2ccc3ccccc3c2-c2cccc3ccccc23)c(-c2ccccc2)c1. The van der Waals surface area contributed by atoms with Crippen LogP contribution in [0.3, 0.4) is 0 Å². The van der Waals surface area contributed by atoms with Crippen molar-refractivity contribution in [2.75, 3.05) is 4.90 Å². The standard InChI is InChI=1S/C46H37N/c1-46(2,3)37-26-29-43(42(31-37)34-15-5-4-6-16-34)47(38-27-24-32-14-7-8-19-36(32)30-38)44-28-25-35-18-10-12-22-40(35)45(44)41-23-13-20-33-17-9-11-21-39(33)41/h4-31H,1-3H3. The predicted molar refractivity (Wildman–Crippen MR) is 203 cm³/mol. The fraction of sp³-hybridized carbons (Fsp3) is 0.0870. The molecule has 47 heavy (non-hydrogen) atoms. The number of fused-ring (bicyclic) bond motifs is 3. The molecule has 8 rings (SSSR count). The van der Waals surface area contributed by atoms with Gasteiger partial charge in [0.15, 0.2) is 0 Å². The molecule has 1 heteroatoms. The molecule has 0 aliphatic rings. The number of rotatable bonds is 5. The van der Waals surface area contributed by atoms with Gasteiger partial charge >= 0.3 is 0 Å². The van der Waals surface area contributed by atoms with Gasteiger partial charge in [-0.25, -0.2) is 0 Å². The first-order valence-electron chi connectivity index (χ1n) is 16.4. The summed E-state index contributed by atoms with van der Waals surface area (Å²) in [6.07, 6.45) is 0. The van der Waals surface area contributed by atoms with E-state index < -0.39 is 0 Å². The van der Waals surface area contributed by atoms with Gasteiger partial charge in [-0.2, -0.15) is 0 Å². The molecule has 0 bridgehead atoms. The van der Waals surface area contributed by atoms with Gasteiger partial charge in [-0.1, -0.05) is 160 Å². The van der Waals surface area contributed by atoms with E-state index in [1.807, 2.05) is 0 Å². The minimum atomic E-state index is 0.00685. The van der Waals surface area contributed by atoms with Crippen molar-refractivity contribution in [1.29, 1.82) is 0 Å². The van der Waals surface area contributed by atoms with Crippen LogP contribution in [0.5, 0.6) is 0 Å². The Morgan fingerprint density at radius 3 is 1.77 bits per heavy atom. The van der Waals surface area contributed by atoms with Gasteiger partial charge in [0, 0.05) is 16.8 Å². The highest BCUT2D eigenvalue weighted by Crippen LogP contribution is 2.49. The molecule has 0 aromatic heterocycles. The van der Waals surface area contributed by atoms with Crippen LogP contribution in [0, 0.1) is 0 Å². The number of anilines is 3. The molecule has 0 spiro atoms. The lowest BCUT2D eigenvalue weighted by Crippen LogP contribution is -2.15. The number of nitrogens with zero attached hydrogens (tertiary/aromatic N) is 1. The normalized spacial score (nSPS) is 11.7. The minimum Gasteiger partial charge on any atom is -0.309 e. The van der Waals surface area contributed by atoms with E-state index in [1.165, 1.54) is 60.1 Å². The summed E-state index contributed by atoms with van der Waals surface area (Å²) in [6, 6.07) is 62.2. The Bertz CT molecular complexity index is 2390. The average molecular weight is 604 g/mol. The lowest BCUT2D eigenvalue weighted by Gasteiger charge is -2.32. The van der Waals surface area contributed by atoms with Gasteiger partial charge in [-0.05, 0) is 84.8 Å². The molecule has 0 N–H and O–H groups in total. The highest BCUT2D eigenvalue weighted by molar-refractivity contribution is 6.12. The predicted octanol–water partition coefficient (Wildman–Crippen LogP) is 13.2. The molecule has 0 unspecified atom stereocenters. The summed E-state index contributed by atoms with van der Waals surface area (Å²) in [5, 5.41) is 7.40. The van der Waals surface area contributed by atoms with Crippen molar-refractivity contribution in [2.45, 2.75) is 26.2 Å². The third-order valence-corrected chi connectivity index (χ3v) is 9.39. The Morgan fingerprint density at radius 2 is 1.00 bits per heavy atom. The van der Waals surface area contributed by atoms with Crippen LogP contribution in [0.4, 0.5) is 17.1 Å². The van der Waals surface area contributed by atoms with Crippen molar-refractivity contribution in [1.82, 2.24) is 0 Å². The maximum atomic E-state index is 2.49. The fourth-order valence-corrected chi connectivity index (χ4v) is 6.94. The smallest absolute Gasteiger partial charge is 0.0546 e. The molecular formula is C46H37N. The van der Waals surface area contributed by atoms with Crippen LogP contribution in [0.1, 0.15) is 26.3 Å².